The number of hydrogen-bond donors (Lipinski definition) is 0. The van der Waals surface area contributed by atoms with Crippen molar-refractivity contribution < 1.29 is 4.74 Å². The molecule has 3 aromatic rings. The van der Waals surface area contributed by atoms with Gasteiger partial charge in [-0.1, -0.05) is 76.6 Å². The van der Waals surface area contributed by atoms with Gasteiger partial charge in [0.25, 0.3) is 0 Å². The van der Waals surface area contributed by atoms with Crippen molar-refractivity contribution in [2.24, 2.45) is 0 Å². The molecule has 2 nitrogen and oxygen atoms in total. The fourth-order valence-corrected chi connectivity index (χ4v) is 4.81. The quantitative estimate of drug-likeness (QED) is 0.469. The fourth-order valence-electron chi connectivity index (χ4n) is 4.24. The minimum absolute atomic E-state index is 0.496. The lowest BCUT2D eigenvalue weighted by molar-refractivity contribution is 0.161. The Kier molecular flexibility index (Phi) is 6.13. The predicted molar refractivity (Wildman–Crippen MR) is 119 cm³/mol. The second-order valence-electron chi connectivity index (χ2n) is 7.48. The highest BCUT2D eigenvalue weighted by atomic mass is 79.9. The Labute approximate surface area is 176 Å². The number of halogens is 1. The molecule has 0 radical (unpaired) electrons. The van der Waals surface area contributed by atoms with Gasteiger partial charge in [0.15, 0.2) is 0 Å². The van der Waals surface area contributed by atoms with E-state index in [1.54, 1.807) is 7.11 Å². The first-order chi connectivity index (χ1) is 13.7. The van der Waals surface area contributed by atoms with Crippen LogP contribution in [0.15, 0.2) is 77.3 Å². The topological polar surface area (TPSA) is 12.5 Å². The van der Waals surface area contributed by atoms with Gasteiger partial charge in [-0.25, -0.2) is 0 Å². The van der Waals surface area contributed by atoms with Crippen LogP contribution in [0.25, 0.3) is 0 Å². The summed E-state index contributed by atoms with van der Waals surface area (Å²) >= 11 is 3.74. The second kappa shape index (κ2) is 8.93. The van der Waals surface area contributed by atoms with Crippen molar-refractivity contribution in [3.8, 4) is 5.75 Å². The maximum atomic E-state index is 5.69. The van der Waals surface area contributed by atoms with Crippen molar-refractivity contribution >= 4 is 15.9 Å². The van der Waals surface area contributed by atoms with Gasteiger partial charge in [0, 0.05) is 23.6 Å². The molecule has 0 N–H and O–H groups in total. The number of nitrogens with zero attached hydrogens (tertiary/aromatic N) is 1. The second-order valence-corrected chi connectivity index (χ2v) is 8.33. The van der Waals surface area contributed by atoms with E-state index in [1.807, 2.05) is 0 Å². The molecule has 1 unspecified atom stereocenters. The average molecular weight is 436 g/mol. The molecule has 0 aliphatic heterocycles. The largest absolute Gasteiger partial charge is 0.496 e. The molecule has 1 atom stereocenters. The molecule has 3 aromatic carbocycles. The van der Waals surface area contributed by atoms with Gasteiger partial charge < -0.3 is 4.74 Å². The van der Waals surface area contributed by atoms with E-state index >= 15 is 0 Å². The molecule has 0 amide bonds. The van der Waals surface area contributed by atoms with Gasteiger partial charge in [0.2, 0.25) is 0 Å². The molecule has 1 aliphatic rings. The lowest BCUT2D eigenvalue weighted by Crippen LogP contribution is -2.38. The van der Waals surface area contributed by atoms with Crippen LogP contribution in [0, 0.1) is 0 Å². The van der Waals surface area contributed by atoms with E-state index in [4.69, 9.17) is 4.74 Å². The Hall–Kier alpha value is -2.10. The number of hydrogen-bond acceptors (Lipinski definition) is 2. The van der Waals surface area contributed by atoms with Gasteiger partial charge in [-0.2, -0.15) is 0 Å². The lowest BCUT2D eigenvalue weighted by atomic mass is 9.86. The predicted octanol–water partition coefficient (Wildman–Crippen LogP) is 6.02. The molecule has 4 rings (SSSR count). The number of ether oxygens (including phenoxy) is 1. The van der Waals surface area contributed by atoms with Gasteiger partial charge in [0.05, 0.1) is 7.11 Å². The smallest absolute Gasteiger partial charge is 0.122 e. The number of benzene rings is 3. The number of methoxy groups -OCH3 is 1. The summed E-state index contributed by atoms with van der Waals surface area (Å²) in [4.78, 5) is 2.63. The van der Waals surface area contributed by atoms with Crippen molar-refractivity contribution in [3.63, 3.8) is 0 Å². The zero-order chi connectivity index (χ0) is 19.3. The van der Waals surface area contributed by atoms with E-state index in [1.165, 1.54) is 33.1 Å². The molecule has 0 spiro atoms. The fraction of sp³-hybridized carbons (Fsp3) is 0.280. The van der Waals surface area contributed by atoms with Crippen LogP contribution in [-0.2, 0) is 25.9 Å². The molecule has 0 bridgehead atoms. The van der Waals surface area contributed by atoms with E-state index in [0.29, 0.717) is 6.04 Å². The summed E-state index contributed by atoms with van der Waals surface area (Å²) in [5, 5.41) is 0. The van der Waals surface area contributed by atoms with Crippen LogP contribution < -0.4 is 4.74 Å². The highest BCUT2D eigenvalue weighted by molar-refractivity contribution is 9.10. The van der Waals surface area contributed by atoms with E-state index < -0.39 is 0 Å². The van der Waals surface area contributed by atoms with Gasteiger partial charge in [-0.3, -0.25) is 4.90 Å². The first-order valence-electron chi connectivity index (χ1n) is 9.90. The molecule has 0 saturated heterocycles. The normalized spacial score (nSPS) is 16.0. The van der Waals surface area contributed by atoms with E-state index in [-0.39, 0.29) is 0 Å². The molecule has 28 heavy (non-hydrogen) atoms. The maximum absolute atomic E-state index is 5.69. The molecule has 1 aliphatic carbocycles. The van der Waals surface area contributed by atoms with E-state index in [9.17, 15) is 0 Å². The molecular formula is C25H26BrNO. The Bertz CT molecular complexity index is 869. The third-order valence-corrected chi connectivity index (χ3v) is 6.43. The highest BCUT2D eigenvalue weighted by Crippen LogP contribution is 2.36. The molecule has 0 heterocycles. The van der Waals surface area contributed by atoms with Crippen molar-refractivity contribution in [2.75, 3.05) is 7.11 Å². The Morgan fingerprint density at radius 2 is 1.46 bits per heavy atom. The zero-order valence-electron chi connectivity index (χ0n) is 16.3. The molecule has 0 fully saturated rings. The van der Waals surface area contributed by atoms with Crippen LogP contribution in [0.1, 0.15) is 28.7 Å². The standard InChI is InChI=1S/C25H26BrNO/c1-28-25-15-14-24(26)22-13-12-21(16-23(22)25)27(17-19-8-4-2-5-9-19)18-20-10-6-3-7-11-20/h2-11,14-15,21H,12-13,16-18H2,1H3. The number of fused-ring (bicyclic) bond motifs is 1. The van der Waals surface area contributed by atoms with Gasteiger partial charge in [-0.05, 0) is 53.6 Å². The third-order valence-electron chi connectivity index (χ3n) is 5.69. The monoisotopic (exact) mass is 435 g/mol. The Morgan fingerprint density at radius 1 is 0.857 bits per heavy atom. The Balaban J connectivity index is 1.62. The van der Waals surface area contributed by atoms with Gasteiger partial charge in [-0.15, -0.1) is 0 Å². The summed E-state index contributed by atoms with van der Waals surface area (Å²) in [6.45, 7) is 1.93. The summed E-state index contributed by atoms with van der Waals surface area (Å²) < 4.78 is 6.90. The summed E-state index contributed by atoms with van der Waals surface area (Å²) in [6, 6.07) is 26.3. The average Bonchev–Trinajstić information content (AvgIpc) is 2.75. The van der Waals surface area contributed by atoms with Crippen molar-refractivity contribution in [3.05, 3.63) is 99.5 Å². The van der Waals surface area contributed by atoms with Crippen LogP contribution in [0.2, 0.25) is 0 Å². The van der Waals surface area contributed by atoms with Crippen LogP contribution in [-0.4, -0.2) is 18.1 Å². The molecule has 144 valence electrons. The highest BCUT2D eigenvalue weighted by Gasteiger charge is 2.28. The minimum Gasteiger partial charge on any atom is -0.496 e. The Morgan fingerprint density at radius 3 is 2.04 bits per heavy atom. The van der Waals surface area contributed by atoms with Crippen molar-refractivity contribution in [1.82, 2.24) is 4.90 Å². The van der Waals surface area contributed by atoms with E-state index in [2.05, 4.69) is 93.6 Å². The molecular weight excluding hydrogens is 410 g/mol. The molecule has 0 saturated carbocycles. The first kappa shape index (κ1) is 19.2. The van der Waals surface area contributed by atoms with Crippen LogP contribution in [0.3, 0.4) is 0 Å². The summed E-state index contributed by atoms with van der Waals surface area (Å²) in [5.41, 5.74) is 5.50. The lowest BCUT2D eigenvalue weighted by Gasteiger charge is -2.36. The van der Waals surface area contributed by atoms with Crippen LogP contribution in [0.5, 0.6) is 5.75 Å². The van der Waals surface area contributed by atoms with E-state index in [0.717, 1.165) is 31.7 Å². The zero-order valence-corrected chi connectivity index (χ0v) is 17.9. The van der Waals surface area contributed by atoms with Crippen molar-refractivity contribution in [1.29, 1.82) is 0 Å². The SMILES string of the molecule is COc1ccc(Br)c2c1CC(N(Cc1ccccc1)Cc1ccccc1)CC2. The van der Waals surface area contributed by atoms with Crippen molar-refractivity contribution in [2.45, 2.75) is 38.4 Å². The third kappa shape index (κ3) is 4.31. The molecule has 3 heteroatoms. The minimum atomic E-state index is 0.496. The van der Waals surface area contributed by atoms with Gasteiger partial charge >= 0.3 is 0 Å². The maximum Gasteiger partial charge on any atom is 0.122 e. The van der Waals surface area contributed by atoms with Gasteiger partial charge in [0.1, 0.15) is 5.75 Å². The number of rotatable bonds is 6. The van der Waals surface area contributed by atoms with Crippen LogP contribution >= 0.6 is 15.9 Å². The molecule has 0 aromatic heterocycles. The first-order valence-corrected chi connectivity index (χ1v) is 10.7. The van der Waals surface area contributed by atoms with Crippen LogP contribution in [0.4, 0.5) is 0 Å². The summed E-state index contributed by atoms with van der Waals surface area (Å²) in [5.74, 6) is 1.02. The summed E-state index contributed by atoms with van der Waals surface area (Å²) in [7, 11) is 1.78. The summed E-state index contributed by atoms with van der Waals surface area (Å²) in [6.07, 6.45) is 3.27.